The lowest BCUT2D eigenvalue weighted by molar-refractivity contribution is -0.119. The van der Waals surface area contributed by atoms with Gasteiger partial charge >= 0.3 is 15.6 Å². The summed E-state index contributed by atoms with van der Waals surface area (Å²) >= 11 is 0. The van der Waals surface area contributed by atoms with Crippen molar-refractivity contribution in [2.45, 2.75) is 83.1 Å². The molecule has 4 aromatic heterocycles. The van der Waals surface area contributed by atoms with Crippen molar-refractivity contribution in [1.82, 2.24) is 39.0 Å². The van der Waals surface area contributed by atoms with E-state index in [4.69, 9.17) is 33.3 Å². The van der Waals surface area contributed by atoms with Crippen LogP contribution in [0.5, 0.6) is 0 Å². The molecule has 7 rings (SSSR count). The van der Waals surface area contributed by atoms with Crippen LogP contribution >= 0.6 is 15.6 Å². The molecule has 3 aliphatic heterocycles. The minimum absolute atomic E-state index is 0.0699. The predicted octanol–water partition coefficient (Wildman–Crippen LogP) is -0.667. The molecular formula is C29H39N11O15P2. The summed E-state index contributed by atoms with van der Waals surface area (Å²) in [5, 5.41) is 16.3. The number of anilines is 2. The lowest BCUT2D eigenvalue weighted by Gasteiger charge is -2.24. The number of fused-ring (bicyclic) bond motifs is 4. The topological polar surface area (TPSA) is 362 Å². The lowest BCUT2D eigenvalue weighted by atomic mass is 10.1. The fourth-order valence-corrected chi connectivity index (χ4v) is 8.22. The van der Waals surface area contributed by atoms with Gasteiger partial charge in [-0.1, -0.05) is 27.7 Å². The average Bonchev–Trinajstić information content (AvgIpc) is 3.88. The van der Waals surface area contributed by atoms with Gasteiger partial charge in [0.1, 0.15) is 24.4 Å². The van der Waals surface area contributed by atoms with E-state index in [0.29, 0.717) is 0 Å². The number of rotatable bonds is 6. The largest absolute Gasteiger partial charge is 0.472 e. The Labute approximate surface area is 319 Å². The van der Waals surface area contributed by atoms with Crippen LogP contribution in [-0.2, 0) is 46.3 Å². The Bertz CT molecular complexity index is 2420. The van der Waals surface area contributed by atoms with Gasteiger partial charge in [0.05, 0.1) is 38.0 Å². The number of amides is 2. The second-order valence-electron chi connectivity index (χ2n) is 14.0. The Hall–Kier alpha value is -4.30. The van der Waals surface area contributed by atoms with Crippen LogP contribution < -0.4 is 27.5 Å². The van der Waals surface area contributed by atoms with Gasteiger partial charge in [0.15, 0.2) is 34.8 Å². The third-order valence-electron chi connectivity index (χ3n) is 9.21. The van der Waals surface area contributed by atoms with Gasteiger partial charge in [-0.25, -0.2) is 19.1 Å². The van der Waals surface area contributed by atoms with Gasteiger partial charge in [0, 0.05) is 18.3 Å². The zero-order chi connectivity index (χ0) is 41.1. The molecule has 0 aromatic carbocycles. The third kappa shape index (κ3) is 8.21. The maximum atomic E-state index is 13.5. The van der Waals surface area contributed by atoms with Crippen molar-refractivity contribution >= 4 is 61.7 Å². The Balaban J connectivity index is 1.14. The summed E-state index contributed by atoms with van der Waals surface area (Å²) < 4.78 is 62.4. The molecule has 4 aromatic rings. The van der Waals surface area contributed by atoms with Crippen LogP contribution in [-0.4, -0.2) is 116 Å². The summed E-state index contributed by atoms with van der Waals surface area (Å²) in [6, 6.07) is -1.30. The molecule has 310 valence electrons. The molecule has 26 nitrogen and oxygen atoms in total. The number of nitrogens with two attached hydrogens (primary N) is 1. The molecule has 10 atom stereocenters. The van der Waals surface area contributed by atoms with E-state index in [-0.39, 0.29) is 40.6 Å². The number of hydrogen-bond donors (Lipinski definition) is 8. The number of aliphatic hydroxyl groups is 1. The summed E-state index contributed by atoms with van der Waals surface area (Å²) in [5.74, 6) is -2.25. The van der Waals surface area contributed by atoms with Crippen LogP contribution in [0.3, 0.4) is 0 Å². The summed E-state index contributed by atoms with van der Waals surface area (Å²) in [4.78, 5) is 93.2. The van der Waals surface area contributed by atoms with E-state index in [1.165, 1.54) is 10.9 Å². The van der Waals surface area contributed by atoms with Crippen molar-refractivity contribution in [1.29, 1.82) is 0 Å². The van der Waals surface area contributed by atoms with Crippen LogP contribution in [0.4, 0.5) is 11.9 Å². The Kier molecular flexibility index (Phi) is 11.1. The molecule has 0 radical (unpaired) electrons. The average molecular weight is 844 g/mol. The van der Waals surface area contributed by atoms with Crippen molar-refractivity contribution < 1.29 is 61.2 Å². The van der Waals surface area contributed by atoms with Crippen molar-refractivity contribution in [3.63, 3.8) is 0 Å². The second-order valence-corrected chi connectivity index (χ2v) is 16.8. The Morgan fingerprint density at radius 2 is 1.32 bits per heavy atom. The summed E-state index contributed by atoms with van der Waals surface area (Å²) in [6.45, 7) is 5.04. The molecule has 28 heteroatoms. The number of aliphatic hydroxyl groups excluding tert-OH is 1. The minimum Gasteiger partial charge on any atom is -0.386 e. The predicted molar refractivity (Wildman–Crippen MR) is 191 cm³/mol. The van der Waals surface area contributed by atoms with Gasteiger partial charge in [0.25, 0.3) is 11.1 Å². The highest BCUT2D eigenvalue weighted by Crippen LogP contribution is 2.53. The van der Waals surface area contributed by atoms with Crippen molar-refractivity contribution in [2.75, 3.05) is 23.8 Å². The SMILES string of the molecule is CC(C)C(=O)Nc1nc2c(ncn2[C@@H]2O[C@@H]3CCOP(=O)(O)O[C@H]4[C@@H](O)[C@H](n5cnc6c(=O)[nH]c(NC(=O)C(C)C)nc65)O[C@@H]4COP(=O)(O)O[C@H]3[C@H]2N)c(=O)[nH]1. The molecule has 0 spiro atoms. The molecule has 2 unspecified atom stereocenters. The van der Waals surface area contributed by atoms with E-state index in [1.807, 2.05) is 0 Å². The fraction of sp³-hybridized carbons (Fsp3) is 0.586. The van der Waals surface area contributed by atoms with Crippen molar-refractivity contribution in [3.05, 3.63) is 33.4 Å². The number of nitrogens with one attached hydrogen (secondary N) is 4. The fourth-order valence-electron chi connectivity index (χ4n) is 6.28. The number of carbonyl (C=O) groups excluding carboxylic acids is 2. The second kappa shape index (κ2) is 15.5. The van der Waals surface area contributed by atoms with Gasteiger partial charge in [-0.15, -0.1) is 0 Å². The number of hydrogen-bond acceptors (Lipinski definition) is 18. The highest BCUT2D eigenvalue weighted by molar-refractivity contribution is 7.47. The van der Waals surface area contributed by atoms with Gasteiger partial charge < -0.3 is 30.1 Å². The first kappa shape index (κ1) is 40.9. The molecule has 3 fully saturated rings. The quantitative estimate of drug-likeness (QED) is 0.112. The number of nitrogens with zero attached hydrogens (tertiary/aromatic N) is 6. The minimum atomic E-state index is -5.12. The summed E-state index contributed by atoms with van der Waals surface area (Å²) in [6.07, 6.45) is -8.65. The van der Waals surface area contributed by atoms with Crippen molar-refractivity contribution in [2.24, 2.45) is 17.6 Å². The van der Waals surface area contributed by atoms with Gasteiger partial charge in [0.2, 0.25) is 23.7 Å². The van der Waals surface area contributed by atoms with E-state index in [2.05, 4.69) is 40.5 Å². The summed E-state index contributed by atoms with van der Waals surface area (Å²) in [7, 11) is -10.2. The number of ether oxygens (including phenoxy) is 2. The first-order valence-electron chi connectivity index (χ1n) is 17.4. The maximum absolute atomic E-state index is 13.5. The molecular weight excluding hydrogens is 804 g/mol. The molecule has 57 heavy (non-hydrogen) atoms. The molecule has 0 bridgehead atoms. The Morgan fingerprint density at radius 3 is 1.86 bits per heavy atom. The maximum Gasteiger partial charge on any atom is 0.472 e. The molecule has 9 N–H and O–H groups in total. The van der Waals surface area contributed by atoms with Crippen LogP contribution in [0.15, 0.2) is 22.2 Å². The van der Waals surface area contributed by atoms with E-state index in [1.54, 1.807) is 27.7 Å². The smallest absolute Gasteiger partial charge is 0.386 e. The zero-order valence-corrected chi connectivity index (χ0v) is 32.2. The van der Waals surface area contributed by atoms with Crippen LogP contribution in [0, 0.1) is 11.8 Å². The number of phosphoric ester groups is 2. The monoisotopic (exact) mass is 843 g/mol. The highest BCUT2D eigenvalue weighted by Gasteiger charge is 2.52. The van der Waals surface area contributed by atoms with Crippen molar-refractivity contribution in [3.8, 4) is 0 Å². The molecule has 0 aliphatic carbocycles. The molecule has 7 heterocycles. The Morgan fingerprint density at radius 1 is 0.825 bits per heavy atom. The number of imidazole rings is 2. The first-order valence-corrected chi connectivity index (χ1v) is 20.4. The van der Waals surface area contributed by atoms with Crippen LogP contribution in [0.25, 0.3) is 22.3 Å². The third-order valence-corrected chi connectivity index (χ3v) is 11.2. The number of aromatic nitrogens is 8. The molecule has 0 saturated carbocycles. The van der Waals surface area contributed by atoms with E-state index in [0.717, 1.165) is 10.9 Å². The van der Waals surface area contributed by atoms with Gasteiger partial charge in [-0.05, 0) is 0 Å². The highest BCUT2D eigenvalue weighted by atomic mass is 31.2. The lowest BCUT2D eigenvalue weighted by Crippen LogP contribution is -2.41. The molecule has 2 amide bonds. The number of H-pyrrole nitrogens is 2. The first-order chi connectivity index (χ1) is 26.8. The number of carbonyl (C=O) groups is 2. The molecule has 3 saturated heterocycles. The normalized spacial score (nSPS) is 32.5. The van der Waals surface area contributed by atoms with E-state index in [9.17, 15) is 43.2 Å². The number of phosphoric acid groups is 2. The zero-order valence-electron chi connectivity index (χ0n) is 30.4. The van der Waals surface area contributed by atoms with E-state index >= 15 is 0 Å². The van der Waals surface area contributed by atoms with E-state index < -0.39 is 113 Å². The molecule has 3 aliphatic rings. The summed E-state index contributed by atoms with van der Waals surface area (Å²) in [5.41, 5.74) is 4.47. The number of aromatic amines is 2. The standard InChI is InChI=1S/C29H39N11O15P2/c1-10(2)22(42)35-28-33-20-15(24(44)37-28)31-8-39(20)26-14(30)18-12(52-26)5-6-50-56(46,47)55-19-13(7-51-57(48,49)54-18)53-27(17(19)41)40-9-32-16-21(40)34-29(38-25(16)45)36-23(43)11(3)4/h8-14,17-19,26-27,41H,5-7,30H2,1-4H3,(H,46,47)(H,48,49)(H2,33,35,37,42,44)(H2,34,36,38,43,45)/t12-,13-,14-,17-,18-,19-,26-,27-/m1/s1. The van der Waals surface area contributed by atoms with Crippen LogP contribution in [0.2, 0.25) is 0 Å². The van der Waals surface area contributed by atoms with Gasteiger partial charge in [-0.2, -0.15) is 9.97 Å². The van der Waals surface area contributed by atoms with Gasteiger partial charge in [-0.3, -0.25) is 67.0 Å². The van der Waals surface area contributed by atoms with Crippen LogP contribution in [0.1, 0.15) is 46.6 Å².